The first kappa shape index (κ1) is 15.1. The van der Waals surface area contributed by atoms with Crippen molar-refractivity contribution in [1.82, 2.24) is 0 Å². The van der Waals surface area contributed by atoms with Crippen molar-refractivity contribution in [2.24, 2.45) is 17.8 Å². The van der Waals surface area contributed by atoms with E-state index in [9.17, 15) is 0 Å². The number of hydrogen-bond donors (Lipinski definition) is 0. The molecule has 1 aromatic rings. The van der Waals surface area contributed by atoms with Crippen molar-refractivity contribution in [2.75, 3.05) is 7.05 Å². The van der Waals surface area contributed by atoms with Gasteiger partial charge in [0.2, 0.25) is 5.69 Å². The zero-order valence-electron chi connectivity index (χ0n) is 13.3. The number of benzene rings is 1. The SMILES string of the molecule is CC1CCC(C(C)C)C(OC=[N+](C)c2ccccc2)C1. The van der Waals surface area contributed by atoms with Crippen molar-refractivity contribution < 1.29 is 9.31 Å². The standard InChI is InChI=1S/C18H28NO/c1-14(2)17-11-10-15(3)12-18(17)20-13-19(4)16-8-6-5-7-9-16/h5-9,13-15,17-18H,10-12H2,1-4H3/q+1. The van der Waals surface area contributed by atoms with Crippen LogP contribution in [0.25, 0.3) is 0 Å². The second kappa shape index (κ2) is 6.92. The van der Waals surface area contributed by atoms with Crippen LogP contribution in [-0.2, 0) is 4.74 Å². The summed E-state index contributed by atoms with van der Waals surface area (Å²) < 4.78 is 8.21. The van der Waals surface area contributed by atoms with Crippen LogP contribution < -0.4 is 0 Å². The third kappa shape index (κ3) is 3.84. The van der Waals surface area contributed by atoms with Gasteiger partial charge in [-0.15, -0.1) is 0 Å². The molecule has 2 nitrogen and oxygen atoms in total. The second-order valence-corrected chi connectivity index (χ2v) is 6.55. The van der Waals surface area contributed by atoms with Crippen molar-refractivity contribution in [3.8, 4) is 0 Å². The largest absolute Gasteiger partial charge is 0.446 e. The highest BCUT2D eigenvalue weighted by Gasteiger charge is 2.32. The van der Waals surface area contributed by atoms with E-state index in [0.29, 0.717) is 17.9 Å². The van der Waals surface area contributed by atoms with Crippen LogP contribution in [0.3, 0.4) is 0 Å². The van der Waals surface area contributed by atoms with Crippen molar-refractivity contribution in [2.45, 2.75) is 46.1 Å². The Bertz CT molecular complexity index is 438. The average Bonchev–Trinajstić information content (AvgIpc) is 2.45. The maximum absolute atomic E-state index is 6.14. The average molecular weight is 274 g/mol. The third-order valence-corrected chi connectivity index (χ3v) is 4.52. The Balaban J connectivity index is 2.03. The van der Waals surface area contributed by atoms with Crippen LogP contribution in [-0.4, -0.2) is 24.1 Å². The van der Waals surface area contributed by atoms with E-state index in [4.69, 9.17) is 4.74 Å². The first-order valence-electron chi connectivity index (χ1n) is 7.84. The summed E-state index contributed by atoms with van der Waals surface area (Å²) in [7, 11) is 2.05. The van der Waals surface area contributed by atoms with Crippen LogP contribution >= 0.6 is 0 Å². The van der Waals surface area contributed by atoms with Gasteiger partial charge in [0.1, 0.15) is 13.2 Å². The number of ether oxygens (including phenoxy) is 1. The van der Waals surface area contributed by atoms with Gasteiger partial charge in [0.05, 0.1) is 0 Å². The van der Waals surface area contributed by atoms with E-state index in [2.05, 4.69) is 49.6 Å². The van der Waals surface area contributed by atoms with Crippen LogP contribution in [0.5, 0.6) is 0 Å². The molecule has 3 unspecified atom stereocenters. The fraction of sp³-hybridized carbons (Fsp3) is 0.611. The summed E-state index contributed by atoms with van der Waals surface area (Å²) in [6.07, 6.45) is 6.09. The van der Waals surface area contributed by atoms with Crippen LogP contribution in [0, 0.1) is 17.8 Å². The maximum atomic E-state index is 6.14. The molecule has 2 rings (SSSR count). The zero-order chi connectivity index (χ0) is 14.5. The lowest BCUT2D eigenvalue weighted by atomic mass is 9.75. The molecule has 0 aliphatic heterocycles. The van der Waals surface area contributed by atoms with Crippen LogP contribution in [0.2, 0.25) is 0 Å². The maximum Gasteiger partial charge on any atom is 0.329 e. The molecule has 0 saturated heterocycles. The molecule has 1 fully saturated rings. The van der Waals surface area contributed by atoms with Crippen molar-refractivity contribution >= 4 is 12.1 Å². The van der Waals surface area contributed by atoms with E-state index < -0.39 is 0 Å². The van der Waals surface area contributed by atoms with E-state index in [-0.39, 0.29) is 0 Å². The number of rotatable bonds is 4. The van der Waals surface area contributed by atoms with Crippen molar-refractivity contribution in [3.05, 3.63) is 30.3 Å². The molecule has 110 valence electrons. The molecule has 1 aliphatic rings. The Hall–Kier alpha value is -1.31. The van der Waals surface area contributed by atoms with E-state index in [1.54, 1.807) is 0 Å². The molecule has 0 N–H and O–H groups in total. The van der Waals surface area contributed by atoms with E-state index >= 15 is 0 Å². The molecular formula is C18H28NO+. The topological polar surface area (TPSA) is 12.2 Å². The number of hydrogen-bond acceptors (Lipinski definition) is 1. The summed E-state index contributed by atoms with van der Waals surface area (Å²) in [5.74, 6) is 2.17. The quantitative estimate of drug-likeness (QED) is 0.448. The Labute approximate surface area is 123 Å². The summed E-state index contributed by atoms with van der Waals surface area (Å²) in [5.41, 5.74) is 1.16. The third-order valence-electron chi connectivity index (χ3n) is 4.52. The fourth-order valence-electron chi connectivity index (χ4n) is 3.16. The molecule has 1 saturated carbocycles. The summed E-state index contributed by atoms with van der Waals surface area (Å²) in [4.78, 5) is 0. The summed E-state index contributed by atoms with van der Waals surface area (Å²) in [6.45, 7) is 6.98. The highest BCUT2D eigenvalue weighted by molar-refractivity contribution is 5.44. The Morgan fingerprint density at radius 2 is 1.90 bits per heavy atom. The first-order chi connectivity index (χ1) is 9.58. The summed E-state index contributed by atoms with van der Waals surface area (Å²) in [6, 6.07) is 10.3. The van der Waals surface area contributed by atoms with Gasteiger partial charge >= 0.3 is 6.40 Å². The van der Waals surface area contributed by atoms with Gasteiger partial charge in [-0.1, -0.05) is 45.4 Å². The minimum absolute atomic E-state index is 0.366. The number of nitrogens with zero attached hydrogens (tertiary/aromatic N) is 1. The Kier molecular flexibility index (Phi) is 5.22. The Morgan fingerprint density at radius 1 is 1.20 bits per heavy atom. The lowest BCUT2D eigenvalue weighted by Gasteiger charge is -2.35. The lowest BCUT2D eigenvalue weighted by Crippen LogP contribution is -2.34. The summed E-state index contributed by atoms with van der Waals surface area (Å²) >= 11 is 0. The lowest BCUT2D eigenvalue weighted by molar-refractivity contribution is -0.411. The van der Waals surface area contributed by atoms with Crippen LogP contribution in [0.4, 0.5) is 5.69 Å². The van der Waals surface area contributed by atoms with Gasteiger partial charge in [0.15, 0.2) is 0 Å². The molecule has 1 aromatic carbocycles. The number of para-hydroxylation sites is 1. The van der Waals surface area contributed by atoms with Crippen molar-refractivity contribution in [1.29, 1.82) is 0 Å². The first-order valence-corrected chi connectivity index (χ1v) is 7.84. The smallest absolute Gasteiger partial charge is 0.329 e. The fourth-order valence-corrected chi connectivity index (χ4v) is 3.16. The molecule has 0 bridgehead atoms. The van der Waals surface area contributed by atoms with E-state index in [1.165, 1.54) is 19.3 Å². The highest BCUT2D eigenvalue weighted by atomic mass is 16.5. The monoisotopic (exact) mass is 274 g/mol. The summed E-state index contributed by atoms with van der Waals surface area (Å²) in [5, 5.41) is 0. The normalized spacial score (nSPS) is 27.6. The highest BCUT2D eigenvalue weighted by Crippen LogP contribution is 2.35. The van der Waals surface area contributed by atoms with Gasteiger partial charge in [0, 0.05) is 12.1 Å². The molecule has 0 spiro atoms. The molecule has 0 radical (unpaired) electrons. The second-order valence-electron chi connectivity index (χ2n) is 6.55. The van der Waals surface area contributed by atoms with Gasteiger partial charge in [-0.05, 0) is 30.6 Å². The van der Waals surface area contributed by atoms with E-state index in [0.717, 1.165) is 11.6 Å². The predicted octanol–water partition coefficient (Wildman–Crippen LogP) is 4.47. The molecule has 2 heteroatoms. The minimum atomic E-state index is 0.366. The van der Waals surface area contributed by atoms with Crippen LogP contribution in [0.15, 0.2) is 30.3 Å². The van der Waals surface area contributed by atoms with Crippen molar-refractivity contribution in [3.63, 3.8) is 0 Å². The zero-order valence-corrected chi connectivity index (χ0v) is 13.3. The minimum Gasteiger partial charge on any atom is -0.446 e. The Morgan fingerprint density at radius 3 is 2.55 bits per heavy atom. The molecule has 0 aromatic heterocycles. The van der Waals surface area contributed by atoms with Gasteiger partial charge in [0.25, 0.3) is 0 Å². The van der Waals surface area contributed by atoms with Crippen LogP contribution in [0.1, 0.15) is 40.0 Å². The predicted molar refractivity (Wildman–Crippen MR) is 84.6 cm³/mol. The molecule has 1 aliphatic carbocycles. The van der Waals surface area contributed by atoms with Gasteiger partial charge < -0.3 is 4.74 Å². The van der Waals surface area contributed by atoms with Gasteiger partial charge in [-0.2, -0.15) is 4.58 Å². The molecule has 0 amide bonds. The van der Waals surface area contributed by atoms with Gasteiger partial charge in [-0.25, -0.2) is 0 Å². The molecule has 0 heterocycles. The molecule has 3 atom stereocenters. The van der Waals surface area contributed by atoms with Gasteiger partial charge in [-0.3, -0.25) is 0 Å². The molecular weight excluding hydrogens is 246 g/mol. The molecule has 20 heavy (non-hydrogen) atoms. The van der Waals surface area contributed by atoms with E-state index in [1.807, 2.05) is 19.5 Å².